The van der Waals surface area contributed by atoms with Gasteiger partial charge in [0.25, 0.3) is 0 Å². The van der Waals surface area contributed by atoms with E-state index in [1.807, 2.05) is 26.1 Å². The number of hydrogen-bond acceptors (Lipinski definition) is 3. The molecule has 1 atom stereocenters. The molecular formula is C21H32Cl2N4. The van der Waals surface area contributed by atoms with Gasteiger partial charge in [-0.3, -0.25) is 0 Å². The number of hydrogen-bond donors (Lipinski definition) is 3. The average molecular weight is 411 g/mol. The van der Waals surface area contributed by atoms with Crippen LogP contribution in [0.4, 0.5) is 5.95 Å². The van der Waals surface area contributed by atoms with Crippen molar-refractivity contribution in [2.24, 2.45) is 5.41 Å². The Balaban J connectivity index is 0.000000224. The molecule has 1 aliphatic carbocycles. The summed E-state index contributed by atoms with van der Waals surface area (Å²) in [5, 5.41) is 7.34. The Morgan fingerprint density at radius 1 is 1.26 bits per heavy atom. The second kappa shape index (κ2) is 10.6. The zero-order chi connectivity index (χ0) is 20.6. The topological polar surface area (TPSA) is 52.7 Å². The van der Waals surface area contributed by atoms with E-state index >= 15 is 0 Å². The predicted molar refractivity (Wildman–Crippen MR) is 119 cm³/mol. The van der Waals surface area contributed by atoms with Gasteiger partial charge < -0.3 is 15.6 Å². The zero-order valence-electron chi connectivity index (χ0n) is 17.2. The molecule has 1 aromatic carbocycles. The van der Waals surface area contributed by atoms with Crippen molar-refractivity contribution >= 4 is 29.2 Å². The number of rotatable bonds is 4. The molecule has 0 aliphatic heterocycles. The summed E-state index contributed by atoms with van der Waals surface area (Å²) in [6.07, 6.45) is 4.72. The summed E-state index contributed by atoms with van der Waals surface area (Å²) in [5.41, 5.74) is 2.80. The Morgan fingerprint density at radius 3 is 2.07 bits per heavy atom. The summed E-state index contributed by atoms with van der Waals surface area (Å²) in [7, 11) is 1.83. The molecule has 1 heterocycles. The molecule has 1 aromatic heterocycles. The van der Waals surface area contributed by atoms with E-state index in [1.165, 1.54) is 12.0 Å². The first-order chi connectivity index (χ1) is 12.6. The summed E-state index contributed by atoms with van der Waals surface area (Å²) in [6, 6.07) is 6.35. The van der Waals surface area contributed by atoms with Gasteiger partial charge in [0.2, 0.25) is 0 Å². The summed E-state index contributed by atoms with van der Waals surface area (Å²) in [6.45, 7) is 14.1. The molecule has 150 valence electrons. The molecule has 3 N–H and O–H groups in total. The lowest BCUT2D eigenvalue weighted by Crippen LogP contribution is -2.14. The number of H-pyrrole nitrogens is 1. The molecular weight excluding hydrogens is 379 g/mol. The maximum absolute atomic E-state index is 5.93. The predicted octanol–water partition coefficient (Wildman–Crippen LogP) is 6.39. The molecule has 2 aromatic rings. The minimum Gasteiger partial charge on any atom is -0.389 e. The van der Waals surface area contributed by atoms with Gasteiger partial charge in [0.15, 0.2) is 5.95 Å². The van der Waals surface area contributed by atoms with Crippen LogP contribution in [0.25, 0.3) is 0 Å². The standard InChI is InChI=1S/C11H12Cl2.C5H9N3.C5H11N/c1-11(2)6-10(11)7-3-8(12)5-9(13)4-7;1-4-3-7-5(6-2)8-4;1-4-6-5(2)3/h3-5,10H,6H2,1-2H3;3H,1-2H3,(H2,6,7,8);4-6H,1H2,2-3H3/t10-;;/m0../s1. The van der Waals surface area contributed by atoms with E-state index < -0.39 is 0 Å². The van der Waals surface area contributed by atoms with Crippen molar-refractivity contribution < 1.29 is 0 Å². The summed E-state index contributed by atoms with van der Waals surface area (Å²) in [4.78, 5) is 6.97. The van der Waals surface area contributed by atoms with Gasteiger partial charge in [-0.2, -0.15) is 0 Å². The maximum atomic E-state index is 5.93. The molecule has 3 rings (SSSR count). The number of imidazole rings is 1. The Morgan fingerprint density at radius 2 is 1.81 bits per heavy atom. The van der Waals surface area contributed by atoms with E-state index in [1.54, 1.807) is 18.5 Å². The van der Waals surface area contributed by atoms with Crippen molar-refractivity contribution in [2.75, 3.05) is 12.4 Å². The van der Waals surface area contributed by atoms with Crippen LogP contribution >= 0.6 is 23.2 Å². The summed E-state index contributed by atoms with van der Waals surface area (Å²) >= 11 is 11.9. The molecule has 27 heavy (non-hydrogen) atoms. The van der Waals surface area contributed by atoms with Crippen LogP contribution < -0.4 is 10.6 Å². The van der Waals surface area contributed by atoms with Crippen LogP contribution in [0.5, 0.6) is 0 Å². The van der Waals surface area contributed by atoms with Gasteiger partial charge in [0.1, 0.15) is 0 Å². The first kappa shape index (κ1) is 23.4. The van der Waals surface area contributed by atoms with Crippen molar-refractivity contribution in [2.45, 2.75) is 53.0 Å². The van der Waals surface area contributed by atoms with Gasteiger partial charge in [-0.25, -0.2) is 4.98 Å². The fourth-order valence-corrected chi connectivity index (χ4v) is 3.13. The van der Waals surface area contributed by atoms with E-state index in [0.29, 0.717) is 17.4 Å². The fourth-order valence-electron chi connectivity index (χ4n) is 2.59. The largest absolute Gasteiger partial charge is 0.389 e. The smallest absolute Gasteiger partial charge is 0.200 e. The molecule has 0 saturated heterocycles. The third kappa shape index (κ3) is 8.72. The molecule has 0 amide bonds. The molecule has 0 radical (unpaired) electrons. The molecule has 0 bridgehead atoms. The number of benzene rings is 1. The van der Waals surface area contributed by atoms with E-state index in [2.05, 4.69) is 54.9 Å². The summed E-state index contributed by atoms with van der Waals surface area (Å²) in [5.74, 6) is 1.46. The van der Waals surface area contributed by atoms with Crippen LogP contribution in [0, 0.1) is 12.3 Å². The molecule has 1 fully saturated rings. The lowest BCUT2D eigenvalue weighted by molar-refractivity contribution is 0.622. The van der Waals surface area contributed by atoms with Gasteiger partial charge >= 0.3 is 0 Å². The molecule has 1 aliphatic rings. The normalized spacial score (nSPS) is 16.4. The number of nitrogens with one attached hydrogen (secondary N) is 3. The van der Waals surface area contributed by atoms with Crippen LogP contribution in [0.2, 0.25) is 10.0 Å². The number of aryl methyl sites for hydroxylation is 1. The molecule has 4 nitrogen and oxygen atoms in total. The Kier molecular flexibility index (Phi) is 9.20. The number of aromatic amines is 1. The minimum atomic E-state index is 0.439. The minimum absolute atomic E-state index is 0.439. The second-order valence-electron chi connectivity index (χ2n) is 7.64. The molecule has 6 heteroatoms. The highest BCUT2D eigenvalue weighted by Crippen LogP contribution is 2.58. The summed E-state index contributed by atoms with van der Waals surface area (Å²) < 4.78 is 0. The lowest BCUT2D eigenvalue weighted by atomic mass is 10.0. The maximum Gasteiger partial charge on any atom is 0.200 e. The van der Waals surface area contributed by atoms with Gasteiger partial charge in [0, 0.05) is 35.0 Å². The van der Waals surface area contributed by atoms with Gasteiger partial charge in [0.05, 0.1) is 0 Å². The number of aromatic nitrogens is 2. The lowest BCUT2D eigenvalue weighted by Gasteiger charge is -2.04. The van der Waals surface area contributed by atoms with Crippen LogP contribution in [0.1, 0.15) is 51.3 Å². The third-order valence-corrected chi connectivity index (χ3v) is 4.63. The van der Waals surface area contributed by atoms with Crippen LogP contribution in [0.15, 0.2) is 37.2 Å². The van der Waals surface area contributed by atoms with E-state index in [0.717, 1.165) is 21.7 Å². The van der Waals surface area contributed by atoms with Crippen molar-refractivity contribution in [1.29, 1.82) is 0 Å². The number of nitrogens with zero attached hydrogens (tertiary/aromatic N) is 1. The second-order valence-corrected chi connectivity index (χ2v) is 8.51. The molecule has 0 unspecified atom stereocenters. The van der Waals surface area contributed by atoms with Crippen molar-refractivity contribution in [3.8, 4) is 0 Å². The molecule has 0 spiro atoms. The van der Waals surface area contributed by atoms with E-state index in [-0.39, 0.29) is 0 Å². The highest BCUT2D eigenvalue weighted by atomic mass is 35.5. The first-order valence-corrected chi connectivity index (χ1v) is 9.87. The van der Waals surface area contributed by atoms with Gasteiger partial charge in [-0.15, -0.1) is 0 Å². The highest BCUT2D eigenvalue weighted by molar-refractivity contribution is 6.34. The Labute approximate surface area is 173 Å². The van der Waals surface area contributed by atoms with Crippen LogP contribution in [0.3, 0.4) is 0 Å². The Bertz CT molecular complexity index is 702. The van der Waals surface area contributed by atoms with E-state index in [4.69, 9.17) is 23.2 Å². The van der Waals surface area contributed by atoms with Crippen molar-refractivity contribution in [3.63, 3.8) is 0 Å². The fraction of sp³-hybridized carbons (Fsp3) is 0.476. The SMILES string of the molecule is C=CNC(C)C.CC1(C)C[C@H]1c1cc(Cl)cc(Cl)c1.CNc1ncc(C)[nH]1. The van der Waals surface area contributed by atoms with Crippen molar-refractivity contribution in [3.05, 3.63) is 58.5 Å². The van der Waals surface area contributed by atoms with Gasteiger partial charge in [-0.1, -0.05) is 43.6 Å². The van der Waals surface area contributed by atoms with Crippen LogP contribution in [-0.2, 0) is 0 Å². The quantitative estimate of drug-likeness (QED) is 0.546. The highest BCUT2D eigenvalue weighted by Gasteiger charge is 2.46. The zero-order valence-corrected chi connectivity index (χ0v) is 18.7. The molecule has 1 saturated carbocycles. The monoisotopic (exact) mass is 410 g/mol. The first-order valence-electron chi connectivity index (χ1n) is 9.11. The van der Waals surface area contributed by atoms with Crippen LogP contribution in [-0.4, -0.2) is 23.1 Å². The Hall–Kier alpha value is -1.65. The number of anilines is 1. The average Bonchev–Trinajstić information content (AvgIpc) is 2.99. The van der Waals surface area contributed by atoms with Gasteiger partial charge in [-0.05, 0) is 68.5 Å². The van der Waals surface area contributed by atoms with E-state index in [9.17, 15) is 0 Å². The van der Waals surface area contributed by atoms with Crippen molar-refractivity contribution in [1.82, 2.24) is 15.3 Å². The third-order valence-electron chi connectivity index (χ3n) is 4.19. The number of halogens is 2.